The molecule has 22 heteroatoms. The predicted octanol–water partition coefficient (Wildman–Crippen LogP) is 12.5. The number of azo groups is 2. The molecule has 0 unspecified atom stereocenters. The molecule has 0 aliphatic carbocycles. The number of hydrogen-bond acceptors (Lipinski definition) is 15. The Labute approximate surface area is 385 Å². The van der Waals surface area contributed by atoms with Gasteiger partial charge in [0, 0.05) is 45.0 Å². The normalized spacial score (nSPS) is 11.8. The van der Waals surface area contributed by atoms with E-state index in [-0.39, 0.29) is 83.0 Å². The number of hydrogen-bond donors (Lipinski definition) is 5. The van der Waals surface area contributed by atoms with Gasteiger partial charge in [-0.1, -0.05) is 71.8 Å². The Morgan fingerprint density at radius 1 is 0.738 bits per heavy atom. The van der Waals surface area contributed by atoms with Gasteiger partial charge in [0.05, 0.1) is 16.3 Å². The van der Waals surface area contributed by atoms with Crippen molar-refractivity contribution in [2.45, 2.75) is 30.1 Å². The van der Waals surface area contributed by atoms with Crippen LogP contribution in [-0.4, -0.2) is 36.8 Å². The highest BCUT2D eigenvalue weighted by Gasteiger charge is 2.24. The lowest BCUT2D eigenvalue weighted by atomic mass is 10.0. The van der Waals surface area contributed by atoms with Gasteiger partial charge in [0.25, 0.3) is 20.2 Å². The summed E-state index contributed by atoms with van der Waals surface area (Å²) in [7, 11) is -9.30. The number of halogens is 2. The molecule has 7 aromatic rings. The standard InChI is InChI=1S/C43H30Cl2N10O7S3/c1-3-37(56)48-27-12-8-25(9-13-27)38-33(22-47)42(63-43(38)55-52-30-14-7-24-5-4-6-35(31(24)19-30)64(57,58)59)54-53-39-23(2)32(21-46)40(51-41(39)49-28-15-10-26(44)11-16-28)50-29-17-18-34(45)36(20-29)65(60,61)62/h4-20H,3H2,1-2H3,(H,48,56)(H2,49,50,51)(H,57,58,59)(H,60,61,62). The number of rotatable bonds is 13. The van der Waals surface area contributed by atoms with Gasteiger partial charge in [-0.25, -0.2) is 4.98 Å². The zero-order chi connectivity index (χ0) is 46.6. The number of fused-ring (bicyclic) bond motifs is 1. The average molecular weight is 966 g/mol. The van der Waals surface area contributed by atoms with E-state index in [0.717, 1.165) is 17.4 Å². The lowest BCUT2D eigenvalue weighted by Gasteiger charge is -2.16. The Morgan fingerprint density at radius 2 is 1.38 bits per heavy atom. The Hall–Kier alpha value is -7.14. The highest BCUT2D eigenvalue weighted by atomic mass is 35.5. The topological polar surface area (TPSA) is 272 Å². The van der Waals surface area contributed by atoms with Crippen LogP contribution in [0.5, 0.6) is 0 Å². The molecule has 0 bridgehead atoms. The minimum atomic E-state index is -4.72. The molecule has 17 nitrogen and oxygen atoms in total. The highest BCUT2D eigenvalue weighted by Crippen LogP contribution is 2.49. The van der Waals surface area contributed by atoms with Gasteiger partial charge in [-0.3, -0.25) is 13.9 Å². The summed E-state index contributed by atoms with van der Waals surface area (Å²) < 4.78 is 67.9. The molecule has 5 aromatic carbocycles. The van der Waals surface area contributed by atoms with E-state index in [1.165, 1.54) is 30.3 Å². The lowest BCUT2D eigenvalue weighted by molar-refractivity contribution is -0.115. The maximum Gasteiger partial charge on any atom is 0.296 e. The summed E-state index contributed by atoms with van der Waals surface area (Å²) in [4.78, 5) is 15.9. The molecule has 2 aromatic heterocycles. The van der Waals surface area contributed by atoms with Crippen LogP contribution in [0, 0.1) is 29.6 Å². The molecule has 0 aliphatic rings. The number of nitriles is 2. The molecule has 0 fully saturated rings. The van der Waals surface area contributed by atoms with Gasteiger partial charge in [-0.05, 0) is 90.7 Å². The van der Waals surface area contributed by atoms with Crippen molar-refractivity contribution in [1.29, 1.82) is 10.5 Å². The van der Waals surface area contributed by atoms with Crippen molar-refractivity contribution in [3.8, 4) is 23.3 Å². The number of nitrogens with zero attached hydrogens (tertiary/aromatic N) is 7. The van der Waals surface area contributed by atoms with E-state index in [9.17, 15) is 41.3 Å². The van der Waals surface area contributed by atoms with Crippen LogP contribution in [0.4, 0.5) is 50.1 Å². The second-order valence-electron chi connectivity index (χ2n) is 13.7. The first kappa shape index (κ1) is 45.9. The molecule has 0 atom stereocenters. The van der Waals surface area contributed by atoms with Crippen molar-refractivity contribution in [1.82, 2.24) is 4.98 Å². The maximum atomic E-state index is 12.2. The maximum absolute atomic E-state index is 12.2. The number of carbonyl (C=O) groups is 1. The summed E-state index contributed by atoms with van der Waals surface area (Å²) in [6, 6.07) is 30.4. The predicted molar refractivity (Wildman–Crippen MR) is 248 cm³/mol. The number of aromatic nitrogens is 1. The number of amides is 1. The van der Waals surface area contributed by atoms with Crippen LogP contribution in [0.25, 0.3) is 21.9 Å². The summed E-state index contributed by atoms with van der Waals surface area (Å²) in [6.07, 6.45) is 0.255. The lowest BCUT2D eigenvalue weighted by Crippen LogP contribution is -2.08. The molecule has 0 saturated carbocycles. The van der Waals surface area contributed by atoms with E-state index >= 15 is 0 Å². The second kappa shape index (κ2) is 18.9. The van der Waals surface area contributed by atoms with Gasteiger partial charge in [0.15, 0.2) is 16.6 Å². The molecule has 0 aliphatic heterocycles. The first-order chi connectivity index (χ1) is 31.0. The molecule has 0 radical (unpaired) electrons. The van der Waals surface area contributed by atoms with Crippen molar-refractivity contribution >= 4 is 122 Å². The quantitative estimate of drug-likeness (QED) is 0.0533. The van der Waals surface area contributed by atoms with Crippen LogP contribution < -0.4 is 16.0 Å². The molecular weight excluding hydrogens is 936 g/mol. The van der Waals surface area contributed by atoms with Gasteiger partial charge in [0.2, 0.25) is 5.91 Å². The molecule has 7 rings (SSSR count). The molecule has 0 saturated heterocycles. The zero-order valence-electron chi connectivity index (χ0n) is 33.6. The van der Waals surface area contributed by atoms with E-state index in [0.29, 0.717) is 32.9 Å². The first-order valence-corrected chi connectivity index (χ1v) is 23.2. The summed E-state index contributed by atoms with van der Waals surface area (Å²) in [5, 5.41) is 49.0. The Balaban J connectivity index is 1.37. The van der Waals surface area contributed by atoms with E-state index in [2.05, 4.69) is 53.5 Å². The fourth-order valence-corrected chi connectivity index (χ4v) is 9.07. The highest BCUT2D eigenvalue weighted by molar-refractivity contribution is 7.86. The molecule has 2 heterocycles. The smallest absolute Gasteiger partial charge is 0.296 e. The van der Waals surface area contributed by atoms with Crippen molar-refractivity contribution in [3.63, 3.8) is 0 Å². The number of benzene rings is 5. The molecule has 5 N–H and O–H groups in total. The van der Waals surface area contributed by atoms with E-state index in [4.69, 9.17) is 23.2 Å². The first-order valence-electron chi connectivity index (χ1n) is 18.8. The third-order valence-electron chi connectivity index (χ3n) is 9.47. The van der Waals surface area contributed by atoms with E-state index < -0.39 is 25.1 Å². The van der Waals surface area contributed by atoms with E-state index in [1.807, 2.05) is 0 Å². The Kier molecular flexibility index (Phi) is 13.3. The minimum absolute atomic E-state index is 0.0198. The zero-order valence-corrected chi connectivity index (χ0v) is 37.5. The van der Waals surface area contributed by atoms with Crippen LogP contribution in [0.3, 0.4) is 0 Å². The van der Waals surface area contributed by atoms with Crippen molar-refractivity contribution in [3.05, 3.63) is 130 Å². The van der Waals surface area contributed by atoms with Gasteiger partial charge < -0.3 is 16.0 Å². The van der Waals surface area contributed by atoms with E-state index in [1.54, 1.807) is 80.6 Å². The summed E-state index contributed by atoms with van der Waals surface area (Å²) in [6.45, 7) is 3.30. The average Bonchev–Trinajstić information content (AvgIpc) is 3.63. The molecule has 0 spiro atoms. The number of carbonyl (C=O) groups excluding carboxylic acids is 1. The monoisotopic (exact) mass is 964 g/mol. The number of pyridine rings is 1. The third-order valence-corrected chi connectivity index (χ3v) is 12.9. The van der Waals surface area contributed by atoms with Crippen LogP contribution in [0.1, 0.15) is 30.0 Å². The minimum Gasteiger partial charge on any atom is -0.339 e. The van der Waals surface area contributed by atoms with Gasteiger partial charge in [-0.15, -0.1) is 20.5 Å². The molecular formula is C43H30Cl2N10O7S3. The van der Waals surface area contributed by atoms with Gasteiger partial charge in [0.1, 0.15) is 38.2 Å². The largest absolute Gasteiger partial charge is 0.339 e. The van der Waals surface area contributed by atoms with Crippen molar-refractivity contribution < 1.29 is 30.7 Å². The van der Waals surface area contributed by atoms with Gasteiger partial charge >= 0.3 is 0 Å². The van der Waals surface area contributed by atoms with Crippen molar-refractivity contribution in [2.75, 3.05) is 16.0 Å². The van der Waals surface area contributed by atoms with Crippen LogP contribution in [-0.2, 0) is 25.0 Å². The summed E-state index contributed by atoms with van der Waals surface area (Å²) >= 11 is 13.1. The molecule has 326 valence electrons. The summed E-state index contributed by atoms with van der Waals surface area (Å²) in [5.74, 6) is -0.164. The summed E-state index contributed by atoms with van der Waals surface area (Å²) in [5.41, 5.74) is 2.50. The molecule has 1 amide bonds. The Bertz CT molecular complexity index is 3420. The number of thiophene rings is 1. The fraction of sp³-hybridized carbons (Fsp3) is 0.0698. The Morgan fingerprint density at radius 3 is 2.05 bits per heavy atom. The number of nitrogens with one attached hydrogen (secondary N) is 3. The second-order valence-corrected chi connectivity index (χ2v) is 18.3. The number of anilines is 5. The molecule has 65 heavy (non-hydrogen) atoms. The van der Waals surface area contributed by atoms with Crippen molar-refractivity contribution in [2.24, 2.45) is 20.5 Å². The third kappa shape index (κ3) is 10.3. The fourth-order valence-electron chi connectivity index (χ4n) is 6.32. The van der Waals surface area contributed by atoms with Gasteiger partial charge in [-0.2, -0.15) is 27.4 Å². The van der Waals surface area contributed by atoms with Crippen LogP contribution in [0.2, 0.25) is 10.0 Å². The SMILES string of the molecule is CCC(=O)Nc1ccc(-c2c(N=Nc3ccc4cccc(S(=O)(=O)O)c4c3)sc(N=Nc3c(Nc4ccc(Cl)cc4)nc(Nc4ccc(Cl)c(S(=O)(=O)O)c4)c(C#N)c3C)c2C#N)cc1. The van der Waals surface area contributed by atoms with Crippen LogP contribution in [0.15, 0.2) is 133 Å². The van der Waals surface area contributed by atoms with Crippen LogP contribution >= 0.6 is 34.5 Å².